The molecule has 0 saturated carbocycles. The number of carbonyl (C=O) groups is 1. The van der Waals surface area contributed by atoms with E-state index in [4.69, 9.17) is 9.72 Å². The van der Waals surface area contributed by atoms with Crippen molar-refractivity contribution in [2.75, 3.05) is 13.2 Å². The Balaban J connectivity index is 1.29. The number of ether oxygens (including phenoxy) is 1. The minimum Gasteiger partial charge on any atom is -0.492 e. The first-order chi connectivity index (χ1) is 17.4. The molecule has 0 spiro atoms. The molecule has 5 heteroatoms. The molecule has 1 aromatic heterocycles. The number of rotatable bonds is 11. The third-order valence-corrected chi connectivity index (χ3v) is 6.42. The van der Waals surface area contributed by atoms with E-state index in [1.165, 1.54) is 11.1 Å². The second-order valence-electron chi connectivity index (χ2n) is 10.2. The van der Waals surface area contributed by atoms with E-state index in [0.717, 1.165) is 48.4 Å². The summed E-state index contributed by atoms with van der Waals surface area (Å²) in [6, 6.07) is 26.7. The summed E-state index contributed by atoms with van der Waals surface area (Å²) >= 11 is 0. The van der Waals surface area contributed by atoms with Crippen LogP contribution >= 0.6 is 0 Å². The van der Waals surface area contributed by atoms with Crippen molar-refractivity contribution in [1.29, 1.82) is 0 Å². The number of aryl methyl sites for hydroxylation is 2. The SMILES string of the molecule is CC(C)(C)c1ccc(OCCn2c(CCCNC(=O)CCc3ccccc3)nc3ccccc32)cc1. The third kappa shape index (κ3) is 6.97. The smallest absolute Gasteiger partial charge is 0.220 e. The summed E-state index contributed by atoms with van der Waals surface area (Å²) in [5, 5.41) is 3.06. The van der Waals surface area contributed by atoms with Crippen LogP contribution in [-0.2, 0) is 29.6 Å². The third-order valence-electron chi connectivity index (χ3n) is 6.42. The first-order valence-corrected chi connectivity index (χ1v) is 12.9. The van der Waals surface area contributed by atoms with Crippen molar-refractivity contribution in [2.45, 2.75) is 58.4 Å². The predicted octanol–water partition coefficient (Wildman–Crippen LogP) is 6.09. The molecule has 0 aliphatic heterocycles. The zero-order valence-corrected chi connectivity index (χ0v) is 21.7. The van der Waals surface area contributed by atoms with Crippen molar-refractivity contribution in [3.8, 4) is 5.75 Å². The molecule has 0 unspecified atom stereocenters. The van der Waals surface area contributed by atoms with Crippen molar-refractivity contribution in [3.05, 3.63) is 95.8 Å². The number of imidazole rings is 1. The minimum atomic E-state index is 0.0956. The molecular formula is C31H37N3O2. The van der Waals surface area contributed by atoms with Gasteiger partial charge in [0.2, 0.25) is 5.91 Å². The van der Waals surface area contributed by atoms with Gasteiger partial charge in [-0.2, -0.15) is 0 Å². The number of carbonyl (C=O) groups excluding carboxylic acids is 1. The van der Waals surface area contributed by atoms with E-state index in [9.17, 15) is 4.79 Å². The molecule has 1 amide bonds. The van der Waals surface area contributed by atoms with Gasteiger partial charge in [0.05, 0.1) is 17.6 Å². The largest absolute Gasteiger partial charge is 0.492 e. The van der Waals surface area contributed by atoms with Gasteiger partial charge < -0.3 is 14.6 Å². The van der Waals surface area contributed by atoms with Crippen molar-refractivity contribution in [2.24, 2.45) is 0 Å². The summed E-state index contributed by atoms with van der Waals surface area (Å²) in [6.45, 7) is 8.58. The highest BCUT2D eigenvalue weighted by molar-refractivity contribution is 5.76. The summed E-state index contributed by atoms with van der Waals surface area (Å²) in [4.78, 5) is 17.1. The van der Waals surface area contributed by atoms with E-state index in [0.29, 0.717) is 19.6 Å². The lowest BCUT2D eigenvalue weighted by Gasteiger charge is -2.19. The highest BCUT2D eigenvalue weighted by Gasteiger charge is 2.14. The molecule has 0 fully saturated rings. The number of nitrogens with one attached hydrogen (secondary N) is 1. The highest BCUT2D eigenvalue weighted by atomic mass is 16.5. The average Bonchev–Trinajstić information content (AvgIpc) is 3.23. The van der Waals surface area contributed by atoms with Crippen LogP contribution in [0, 0.1) is 0 Å². The molecule has 4 aromatic rings. The van der Waals surface area contributed by atoms with E-state index in [2.05, 4.69) is 61.0 Å². The Bertz CT molecular complexity index is 1250. The fourth-order valence-electron chi connectivity index (χ4n) is 4.34. The summed E-state index contributed by atoms with van der Waals surface area (Å²) in [5.41, 5.74) is 4.73. The molecule has 188 valence electrons. The number of hydrogen-bond acceptors (Lipinski definition) is 3. The van der Waals surface area contributed by atoms with Crippen molar-refractivity contribution < 1.29 is 9.53 Å². The molecule has 0 saturated heterocycles. The van der Waals surface area contributed by atoms with Gasteiger partial charge in [0, 0.05) is 19.4 Å². The first kappa shape index (κ1) is 25.5. The lowest BCUT2D eigenvalue weighted by Crippen LogP contribution is -2.25. The van der Waals surface area contributed by atoms with Gasteiger partial charge in [0.1, 0.15) is 18.2 Å². The van der Waals surface area contributed by atoms with Crippen LogP contribution in [0.15, 0.2) is 78.9 Å². The molecule has 1 N–H and O–H groups in total. The molecule has 1 heterocycles. The number of nitrogens with zero attached hydrogens (tertiary/aromatic N) is 2. The quantitative estimate of drug-likeness (QED) is 0.263. The van der Waals surface area contributed by atoms with E-state index in [1.54, 1.807) is 0 Å². The van der Waals surface area contributed by atoms with Crippen LogP contribution < -0.4 is 10.1 Å². The van der Waals surface area contributed by atoms with E-state index in [-0.39, 0.29) is 11.3 Å². The second-order valence-corrected chi connectivity index (χ2v) is 10.2. The van der Waals surface area contributed by atoms with Gasteiger partial charge in [0.25, 0.3) is 0 Å². The maximum atomic E-state index is 12.2. The standard InChI is InChI=1S/C31H37N3O2/c1-31(2,3)25-16-18-26(19-17-25)36-23-22-34-28-13-8-7-12-27(28)33-29(34)14-9-21-32-30(35)20-15-24-10-5-4-6-11-24/h4-8,10-13,16-19H,9,14-15,20-23H2,1-3H3,(H,32,35). The summed E-state index contributed by atoms with van der Waals surface area (Å²) < 4.78 is 8.31. The van der Waals surface area contributed by atoms with Crippen LogP contribution in [0.1, 0.15) is 50.6 Å². The van der Waals surface area contributed by atoms with Crippen molar-refractivity contribution >= 4 is 16.9 Å². The van der Waals surface area contributed by atoms with Gasteiger partial charge in [0.15, 0.2) is 0 Å². The predicted molar refractivity (Wildman–Crippen MR) is 146 cm³/mol. The number of aromatic nitrogens is 2. The molecule has 4 rings (SSSR count). The zero-order chi connectivity index (χ0) is 25.4. The minimum absolute atomic E-state index is 0.0956. The summed E-state index contributed by atoms with van der Waals surface area (Å²) in [7, 11) is 0. The van der Waals surface area contributed by atoms with E-state index >= 15 is 0 Å². The number of benzene rings is 3. The van der Waals surface area contributed by atoms with Gasteiger partial charge >= 0.3 is 0 Å². The number of fused-ring (bicyclic) bond motifs is 1. The Labute approximate surface area is 214 Å². The average molecular weight is 484 g/mol. The van der Waals surface area contributed by atoms with Crippen LogP contribution in [0.3, 0.4) is 0 Å². The molecular weight excluding hydrogens is 446 g/mol. The van der Waals surface area contributed by atoms with Crippen LogP contribution in [0.25, 0.3) is 11.0 Å². The topological polar surface area (TPSA) is 56.1 Å². The van der Waals surface area contributed by atoms with E-state index < -0.39 is 0 Å². The summed E-state index contributed by atoms with van der Waals surface area (Å²) in [5.74, 6) is 2.01. The van der Waals surface area contributed by atoms with Gasteiger partial charge in [-0.05, 0) is 53.6 Å². The summed E-state index contributed by atoms with van der Waals surface area (Å²) in [6.07, 6.45) is 2.92. The molecule has 3 aromatic carbocycles. The van der Waals surface area contributed by atoms with Crippen LogP contribution in [0.5, 0.6) is 5.75 Å². The van der Waals surface area contributed by atoms with Crippen LogP contribution in [0.4, 0.5) is 0 Å². The van der Waals surface area contributed by atoms with Gasteiger partial charge in [-0.15, -0.1) is 0 Å². The lowest BCUT2D eigenvalue weighted by molar-refractivity contribution is -0.121. The molecule has 5 nitrogen and oxygen atoms in total. The fraction of sp³-hybridized carbons (Fsp3) is 0.355. The fourth-order valence-corrected chi connectivity index (χ4v) is 4.34. The van der Waals surface area contributed by atoms with Gasteiger partial charge in [-0.3, -0.25) is 4.79 Å². The Morgan fingerprint density at radius 3 is 2.39 bits per heavy atom. The van der Waals surface area contributed by atoms with Gasteiger partial charge in [-0.25, -0.2) is 4.98 Å². The van der Waals surface area contributed by atoms with Gasteiger partial charge in [-0.1, -0.05) is 75.4 Å². The molecule has 0 radical (unpaired) electrons. The lowest BCUT2D eigenvalue weighted by atomic mass is 9.87. The Morgan fingerprint density at radius 2 is 1.64 bits per heavy atom. The Hall–Kier alpha value is -3.60. The monoisotopic (exact) mass is 483 g/mol. The molecule has 0 bridgehead atoms. The molecule has 36 heavy (non-hydrogen) atoms. The zero-order valence-electron chi connectivity index (χ0n) is 21.7. The number of amides is 1. The van der Waals surface area contributed by atoms with Crippen LogP contribution in [0.2, 0.25) is 0 Å². The molecule has 0 aliphatic rings. The normalized spacial score (nSPS) is 11.5. The van der Waals surface area contributed by atoms with Crippen molar-refractivity contribution in [1.82, 2.24) is 14.9 Å². The first-order valence-electron chi connectivity index (χ1n) is 12.9. The van der Waals surface area contributed by atoms with Crippen molar-refractivity contribution in [3.63, 3.8) is 0 Å². The Morgan fingerprint density at radius 1 is 0.917 bits per heavy atom. The van der Waals surface area contributed by atoms with E-state index in [1.807, 2.05) is 48.5 Å². The maximum absolute atomic E-state index is 12.2. The number of para-hydroxylation sites is 2. The van der Waals surface area contributed by atoms with Crippen LogP contribution in [-0.4, -0.2) is 28.6 Å². The molecule has 0 atom stereocenters. The number of hydrogen-bond donors (Lipinski definition) is 1. The second kappa shape index (κ2) is 11.9. The molecule has 0 aliphatic carbocycles. The Kier molecular flexibility index (Phi) is 8.42. The maximum Gasteiger partial charge on any atom is 0.220 e. The highest BCUT2D eigenvalue weighted by Crippen LogP contribution is 2.24.